The van der Waals surface area contributed by atoms with Crippen LogP contribution in [-0.4, -0.2) is 35.9 Å². The van der Waals surface area contributed by atoms with Crippen LogP contribution in [0.3, 0.4) is 0 Å². The summed E-state index contributed by atoms with van der Waals surface area (Å²) in [5.41, 5.74) is 4.42. The van der Waals surface area contributed by atoms with Crippen LogP contribution in [0, 0.1) is 20.8 Å². The molecule has 0 radical (unpaired) electrons. The number of aryl methyl sites for hydroxylation is 3. The van der Waals surface area contributed by atoms with Gasteiger partial charge < -0.3 is 15.0 Å². The second-order valence-electron chi connectivity index (χ2n) is 7.36. The van der Waals surface area contributed by atoms with Gasteiger partial charge in [-0.15, -0.1) is 0 Å². The number of likely N-dealkylation sites (N-methyl/N-ethyl adjacent to an activating group) is 1. The number of ether oxygens (including phenoxy) is 1. The molecule has 156 valence electrons. The lowest BCUT2D eigenvalue weighted by Crippen LogP contribution is -2.50. The molecule has 0 bridgehead atoms. The number of benzene rings is 2. The van der Waals surface area contributed by atoms with E-state index >= 15 is 0 Å². The van der Waals surface area contributed by atoms with Crippen molar-refractivity contribution in [3.8, 4) is 5.75 Å². The number of nitrogens with one attached hydrogen (secondary N) is 1. The van der Waals surface area contributed by atoms with E-state index in [1.54, 1.807) is 4.90 Å². The van der Waals surface area contributed by atoms with Gasteiger partial charge in [-0.05, 0) is 62.9 Å². The molecule has 1 N–H and O–H groups in total. The fraction of sp³-hybridized carbons (Fsp3) is 0.417. The summed E-state index contributed by atoms with van der Waals surface area (Å²) >= 11 is 0. The molecule has 0 aliphatic heterocycles. The van der Waals surface area contributed by atoms with E-state index in [1.165, 1.54) is 5.56 Å². The van der Waals surface area contributed by atoms with Crippen LogP contribution < -0.4 is 10.1 Å². The Kier molecular flexibility index (Phi) is 8.25. The molecule has 29 heavy (non-hydrogen) atoms. The highest BCUT2D eigenvalue weighted by molar-refractivity contribution is 5.88. The summed E-state index contributed by atoms with van der Waals surface area (Å²) in [7, 11) is 0. The fourth-order valence-corrected chi connectivity index (χ4v) is 3.13. The Bertz CT molecular complexity index is 831. The average Bonchev–Trinajstić information content (AvgIpc) is 2.70. The van der Waals surface area contributed by atoms with Crippen molar-refractivity contribution in [2.24, 2.45) is 0 Å². The SMILES string of the molecule is CCNC(=O)C(CC)N(Cc1ccc(C)cc1)C(=O)COc1ccc(C)c(C)c1. The van der Waals surface area contributed by atoms with Gasteiger partial charge in [0.05, 0.1) is 0 Å². The van der Waals surface area contributed by atoms with E-state index in [1.807, 2.05) is 77.1 Å². The lowest BCUT2D eigenvalue weighted by molar-refractivity contribution is -0.142. The van der Waals surface area contributed by atoms with Crippen molar-refractivity contribution < 1.29 is 14.3 Å². The summed E-state index contributed by atoms with van der Waals surface area (Å²) < 4.78 is 5.75. The minimum Gasteiger partial charge on any atom is -0.484 e. The predicted molar refractivity (Wildman–Crippen MR) is 116 cm³/mol. The van der Waals surface area contributed by atoms with Gasteiger partial charge in [-0.3, -0.25) is 9.59 Å². The number of rotatable bonds is 9. The fourth-order valence-electron chi connectivity index (χ4n) is 3.13. The largest absolute Gasteiger partial charge is 0.484 e. The molecule has 2 aromatic rings. The zero-order valence-corrected chi connectivity index (χ0v) is 18.1. The van der Waals surface area contributed by atoms with Gasteiger partial charge in [0.2, 0.25) is 5.91 Å². The van der Waals surface area contributed by atoms with E-state index in [0.717, 1.165) is 16.7 Å². The molecule has 0 saturated carbocycles. The number of hydrogen-bond donors (Lipinski definition) is 1. The second-order valence-corrected chi connectivity index (χ2v) is 7.36. The van der Waals surface area contributed by atoms with Crippen molar-refractivity contribution in [2.45, 2.75) is 53.6 Å². The lowest BCUT2D eigenvalue weighted by Gasteiger charge is -2.30. The molecular formula is C24H32N2O3. The van der Waals surface area contributed by atoms with Crippen LogP contribution in [0.15, 0.2) is 42.5 Å². The minimum atomic E-state index is -0.535. The van der Waals surface area contributed by atoms with Crippen LogP contribution in [0.4, 0.5) is 0 Å². The van der Waals surface area contributed by atoms with E-state index in [0.29, 0.717) is 25.3 Å². The first-order valence-electron chi connectivity index (χ1n) is 10.2. The Morgan fingerprint density at radius 3 is 2.28 bits per heavy atom. The molecule has 0 fully saturated rings. The highest BCUT2D eigenvalue weighted by Crippen LogP contribution is 2.18. The summed E-state index contributed by atoms with van der Waals surface area (Å²) in [4.78, 5) is 27.3. The van der Waals surface area contributed by atoms with Crippen molar-refractivity contribution in [3.63, 3.8) is 0 Å². The van der Waals surface area contributed by atoms with Crippen LogP contribution >= 0.6 is 0 Å². The Hall–Kier alpha value is -2.82. The molecule has 1 atom stereocenters. The third kappa shape index (κ3) is 6.34. The van der Waals surface area contributed by atoms with Gasteiger partial charge in [-0.25, -0.2) is 0 Å². The van der Waals surface area contributed by atoms with Crippen LogP contribution in [0.25, 0.3) is 0 Å². The summed E-state index contributed by atoms with van der Waals surface area (Å²) in [6.45, 7) is 10.6. The van der Waals surface area contributed by atoms with E-state index in [4.69, 9.17) is 4.74 Å². The number of carbonyl (C=O) groups excluding carboxylic acids is 2. The summed E-state index contributed by atoms with van der Waals surface area (Å²) in [6, 6.07) is 13.2. The second kappa shape index (κ2) is 10.6. The quantitative estimate of drug-likeness (QED) is 0.699. The Labute approximate surface area is 174 Å². The number of hydrogen-bond acceptors (Lipinski definition) is 3. The highest BCUT2D eigenvalue weighted by atomic mass is 16.5. The molecule has 1 unspecified atom stereocenters. The van der Waals surface area contributed by atoms with Gasteiger partial charge in [0, 0.05) is 13.1 Å². The van der Waals surface area contributed by atoms with Crippen LogP contribution in [0.5, 0.6) is 5.75 Å². The molecular weight excluding hydrogens is 364 g/mol. The maximum absolute atomic E-state index is 13.1. The predicted octanol–water partition coefficient (Wildman–Crippen LogP) is 3.93. The zero-order valence-electron chi connectivity index (χ0n) is 18.1. The maximum atomic E-state index is 13.1. The van der Waals surface area contributed by atoms with Gasteiger partial charge in [-0.2, -0.15) is 0 Å². The summed E-state index contributed by atoms with van der Waals surface area (Å²) in [5, 5.41) is 2.84. The Balaban J connectivity index is 2.19. The van der Waals surface area contributed by atoms with Crippen LogP contribution in [-0.2, 0) is 16.1 Å². The van der Waals surface area contributed by atoms with Crippen molar-refractivity contribution in [1.29, 1.82) is 0 Å². The molecule has 5 nitrogen and oxygen atoms in total. The van der Waals surface area contributed by atoms with Crippen LogP contribution in [0.1, 0.15) is 42.5 Å². The molecule has 0 heterocycles. The van der Waals surface area contributed by atoms with Gasteiger partial charge in [0.1, 0.15) is 11.8 Å². The van der Waals surface area contributed by atoms with Crippen LogP contribution in [0.2, 0.25) is 0 Å². The van der Waals surface area contributed by atoms with E-state index < -0.39 is 6.04 Å². The Morgan fingerprint density at radius 1 is 1.00 bits per heavy atom. The highest BCUT2D eigenvalue weighted by Gasteiger charge is 2.28. The molecule has 0 aliphatic carbocycles. The van der Waals surface area contributed by atoms with Crippen molar-refractivity contribution >= 4 is 11.8 Å². The molecule has 2 aromatic carbocycles. The van der Waals surface area contributed by atoms with Crippen molar-refractivity contribution in [1.82, 2.24) is 10.2 Å². The maximum Gasteiger partial charge on any atom is 0.261 e. The molecule has 0 aromatic heterocycles. The van der Waals surface area contributed by atoms with E-state index in [9.17, 15) is 9.59 Å². The van der Waals surface area contributed by atoms with Gasteiger partial charge in [0.15, 0.2) is 6.61 Å². The van der Waals surface area contributed by atoms with Gasteiger partial charge >= 0.3 is 0 Å². The molecule has 2 rings (SSSR count). The Morgan fingerprint density at radius 2 is 1.69 bits per heavy atom. The van der Waals surface area contributed by atoms with Gasteiger partial charge in [0.25, 0.3) is 5.91 Å². The summed E-state index contributed by atoms with van der Waals surface area (Å²) in [6.07, 6.45) is 0.535. The minimum absolute atomic E-state index is 0.107. The first-order valence-corrected chi connectivity index (χ1v) is 10.2. The number of amides is 2. The summed E-state index contributed by atoms with van der Waals surface area (Å²) in [5.74, 6) is 0.311. The smallest absolute Gasteiger partial charge is 0.261 e. The third-order valence-electron chi connectivity index (χ3n) is 5.05. The molecule has 0 saturated heterocycles. The first kappa shape index (κ1) is 22.5. The van der Waals surface area contributed by atoms with Crippen molar-refractivity contribution in [3.05, 3.63) is 64.7 Å². The molecule has 5 heteroatoms. The normalized spacial score (nSPS) is 11.6. The average molecular weight is 397 g/mol. The zero-order chi connectivity index (χ0) is 21.4. The molecule has 2 amide bonds. The lowest BCUT2D eigenvalue weighted by atomic mass is 10.1. The number of nitrogens with zero attached hydrogens (tertiary/aromatic N) is 1. The first-order chi connectivity index (χ1) is 13.8. The van der Waals surface area contributed by atoms with E-state index in [-0.39, 0.29) is 18.4 Å². The molecule has 0 aliphatic rings. The standard InChI is InChI=1S/C24H32N2O3/c1-6-22(24(28)25-7-2)26(15-20-11-8-17(3)9-12-20)23(27)16-29-21-13-10-18(4)19(5)14-21/h8-14,22H,6-7,15-16H2,1-5H3,(H,25,28). The number of carbonyl (C=O) groups is 2. The van der Waals surface area contributed by atoms with E-state index in [2.05, 4.69) is 5.32 Å². The van der Waals surface area contributed by atoms with Crippen molar-refractivity contribution in [2.75, 3.05) is 13.2 Å². The van der Waals surface area contributed by atoms with Gasteiger partial charge in [-0.1, -0.05) is 42.8 Å². The topological polar surface area (TPSA) is 58.6 Å². The monoisotopic (exact) mass is 396 g/mol. The third-order valence-corrected chi connectivity index (χ3v) is 5.05. The molecule has 0 spiro atoms.